The van der Waals surface area contributed by atoms with Gasteiger partial charge in [-0.25, -0.2) is 4.79 Å². The van der Waals surface area contributed by atoms with Crippen molar-refractivity contribution in [2.75, 3.05) is 14.2 Å². The molecule has 0 aliphatic rings. The molecule has 0 radical (unpaired) electrons. The second kappa shape index (κ2) is 9.41. The van der Waals surface area contributed by atoms with Crippen LogP contribution in [-0.2, 0) is 4.87 Å². The summed E-state index contributed by atoms with van der Waals surface area (Å²) in [6.45, 7) is 0. The normalized spacial score (nSPS) is 11.1. The summed E-state index contributed by atoms with van der Waals surface area (Å²) in [5.74, 6) is -0.246. The van der Waals surface area contributed by atoms with E-state index in [1.807, 2.05) is 54.6 Å². The third-order valence-corrected chi connectivity index (χ3v) is 6.10. The van der Waals surface area contributed by atoms with Gasteiger partial charge in [0.2, 0.25) is 11.8 Å². The number of alkyl halides is 1. The van der Waals surface area contributed by atoms with Crippen molar-refractivity contribution in [1.29, 1.82) is 0 Å². The van der Waals surface area contributed by atoms with Crippen LogP contribution in [0.15, 0.2) is 84.9 Å². The van der Waals surface area contributed by atoms with Gasteiger partial charge in [-0.15, -0.1) is 16.3 Å². The molecular weight excluding hydrogens is 458 g/mol. The van der Waals surface area contributed by atoms with Crippen LogP contribution in [0.25, 0.3) is 0 Å². The van der Waals surface area contributed by atoms with Gasteiger partial charge in [-0.2, -0.15) is 0 Å². The summed E-state index contributed by atoms with van der Waals surface area (Å²) < 4.78 is 11.2. The van der Waals surface area contributed by atoms with Crippen molar-refractivity contribution in [2.24, 2.45) is 0 Å². The summed E-state index contributed by atoms with van der Waals surface area (Å²) in [6.07, 6.45) is 0. The number of carbonyl (C=O) groups is 1. The van der Waals surface area contributed by atoms with E-state index in [4.69, 9.17) is 25.9 Å². The van der Waals surface area contributed by atoms with Gasteiger partial charge in [-0.1, -0.05) is 36.4 Å². The number of ether oxygens (including phenoxy) is 2. The van der Waals surface area contributed by atoms with Gasteiger partial charge in [0.15, 0.2) is 0 Å². The molecule has 0 spiro atoms. The Balaban J connectivity index is 1.79. The Kier molecular flexibility index (Phi) is 6.38. The van der Waals surface area contributed by atoms with Gasteiger partial charge in [0.05, 0.1) is 19.8 Å². The van der Waals surface area contributed by atoms with Crippen molar-refractivity contribution < 1.29 is 29.3 Å². The maximum absolute atomic E-state index is 12.8. The molecule has 4 rings (SSSR count). The van der Waals surface area contributed by atoms with Crippen molar-refractivity contribution in [3.8, 4) is 23.3 Å². The second-order valence-corrected chi connectivity index (χ2v) is 7.99. The molecule has 7 nitrogen and oxygen atoms in total. The number of hydrogen-bond donors (Lipinski definition) is 2. The smallest absolute Gasteiger partial charge is 0.363 e. The predicted molar refractivity (Wildman–Crippen MR) is 127 cm³/mol. The molecule has 2 N–H and O–H groups in total. The minimum atomic E-state index is -1.16. The van der Waals surface area contributed by atoms with E-state index >= 15 is 0 Å². The van der Waals surface area contributed by atoms with Crippen molar-refractivity contribution in [3.05, 3.63) is 107 Å². The fraction of sp³-hybridized carbons (Fsp3) is 0.115. The predicted octanol–water partition coefficient (Wildman–Crippen LogP) is 4.72. The number of carbonyl (C=O) groups excluding carboxylic acids is 1. The highest BCUT2D eigenvalue weighted by Crippen LogP contribution is 2.44. The first-order chi connectivity index (χ1) is 16.4. The maximum Gasteiger partial charge on any atom is 0.363 e. The molecule has 0 aliphatic carbocycles. The molecule has 0 unspecified atom stereocenters. The van der Waals surface area contributed by atoms with Crippen molar-refractivity contribution in [3.63, 3.8) is 0 Å². The first-order valence-corrected chi connectivity index (χ1v) is 10.7. The average molecular weight is 480 g/mol. The minimum Gasteiger partial charge on any atom is -0.497 e. The van der Waals surface area contributed by atoms with Crippen molar-refractivity contribution in [2.45, 2.75) is 4.87 Å². The number of methoxy groups -OCH3 is 2. The van der Waals surface area contributed by atoms with E-state index < -0.39 is 22.6 Å². The molecule has 0 bridgehead atoms. The Morgan fingerprint density at radius 1 is 0.765 bits per heavy atom. The minimum absolute atomic E-state index is 0.178. The lowest BCUT2D eigenvalue weighted by atomic mass is 9.83. The molecule has 174 valence electrons. The summed E-state index contributed by atoms with van der Waals surface area (Å²) in [5, 5.41) is 19.6. The lowest BCUT2D eigenvalue weighted by Gasteiger charge is -2.29. The van der Waals surface area contributed by atoms with Gasteiger partial charge in [-0.05, 0) is 53.1 Å². The van der Waals surface area contributed by atoms with Gasteiger partial charge in [-0.3, -0.25) is 0 Å². The van der Waals surface area contributed by atoms with Gasteiger partial charge in [0, 0.05) is 12.1 Å². The Hall–Kier alpha value is -4.10. The highest BCUT2D eigenvalue weighted by Gasteiger charge is 2.35. The molecule has 34 heavy (non-hydrogen) atoms. The number of hydrogen-bond acceptors (Lipinski definition) is 6. The topological polar surface area (TPSA) is 90.2 Å². The van der Waals surface area contributed by atoms with Crippen LogP contribution in [0.2, 0.25) is 0 Å². The van der Waals surface area contributed by atoms with Crippen LogP contribution in [0.5, 0.6) is 23.3 Å². The third kappa shape index (κ3) is 4.25. The Labute approximate surface area is 201 Å². The lowest BCUT2D eigenvalue weighted by Crippen LogP contribution is -2.24. The molecule has 0 saturated heterocycles. The molecule has 0 saturated carbocycles. The summed E-state index contributed by atoms with van der Waals surface area (Å²) in [4.78, 5) is 16.8. The number of benzene rings is 3. The second-order valence-electron chi connectivity index (χ2n) is 7.42. The van der Waals surface area contributed by atoms with E-state index in [1.54, 1.807) is 32.4 Å². The van der Waals surface area contributed by atoms with Gasteiger partial charge >= 0.3 is 5.97 Å². The lowest BCUT2D eigenvalue weighted by molar-refractivity contribution is 0.0381. The number of aromatic nitrogens is 1. The van der Waals surface area contributed by atoms with E-state index in [0.29, 0.717) is 21.8 Å². The van der Waals surface area contributed by atoms with Crippen LogP contribution in [0, 0.1) is 0 Å². The van der Waals surface area contributed by atoms with Crippen LogP contribution in [-0.4, -0.2) is 35.1 Å². The third-order valence-electron chi connectivity index (χ3n) is 5.44. The number of aromatic hydroxyl groups is 2. The molecule has 0 fully saturated rings. The largest absolute Gasteiger partial charge is 0.497 e. The Bertz CT molecular complexity index is 1230. The van der Waals surface area contributed by atoms with Gasteiger partial charge in [0.1, 0.15) is 16.4 Å². The van der Waals surface area contributed by atoms with Crippen LogP contribution < -0.4 is 14.3 Å². The molecule has 8 heteroatoms. The van der Waals surface area contributed by atoms with E-state index in [0.717, 1.165) is 11.1 Å². The zero-order valence-electron chi connectivity index (χ0n) is 18.4. The average Bonchev–Trinajstić information content (AvgIpc) is 3.20. The molecule has 3 aromatic carbocycles. The summed E-state index contributed by atoms with van der Waals surface area (Å²) in [7, 11) is 3.17. The highest BCUT2D eigenvalue weighted by atomic mass is 35.5. The van der Waals surface area contributed by atoms with E-state index in [1.165, 1.54) is 12.1 Å². The molecule has 4 aromatic rings. The first kappa shape index (κ1) is 23.1. The zero-order valence-corrected chi connectivity index (χ0v) is 19.2. The Morgan fingerprint density at radius 2 is 1.26 bits per heavy atom. The van der Waals surface area contributed by atoms with Crippen molar-refractivity contribution >= 4 is 17.6 Å². The first-order valence-electron chi connectivity index (χ1n) is 10.3. The van der Waals surface area contributed by atoms with Crippen LogP contribution in [0.4, 0.5) is 0 Å². The summed E-state index contributed by atoms with van der Waals surface area (Å²) in [6, 6.07) is 23.8. The quantitative estimate of drug-likeness (QED) is 0.294. The van der Waals surface area contributed by atoms with E-state index in [9.17, 15) is 15.0 Å². The van der Waals surface area contributed by atoms with Gasteiger partial charge < -0.3 is 24.5 Å². The summed E-state index contributed by atoms with van der Waals surface area (Å²) in [5.41, 5.74) is 2.30. The summed E-state index contributed by atoms with van der Waals surface area (Å²) >= 11 is 7.36. The standard InChI is InChI=1S/C26H22ClNO6/c1-32-21-10-6-18(7-11-21)26(27,19-8-12-22(33-2)13-9-19)20-5-3-4-17(16-20)25(31)34-28-23(29)14-15-24(28)30/h3-16,29-30H,1-2H3. The van der Waals surface area contributed by atoms with Crippen molar-refractivity contribution in [1.82, 2.24) is 4.73 Å². The fourth-order valence-electron chi connectivity index (χ4n) is 3.63. The number of rotatable bonds is 7. The Morgan fingerprint density at radius 3 is 1.74 bits per heavy atom. The SMILES string of the molecule is COc1ccc(C(Cl)(c2ccc(OC)cc2)c2cccc(C(=O)On3c(O)ccc3O)c2)cc1. The molecule has 1 heterocycles. The molecule has 0 atom stereocenters. The van der Waals surface area contributed by atoms with E-state index in [-0.39, 0.29) is 5.56 Å². The number of halogens is 1. The highest BCUT2D eigenvalue weighted by molar-refractivity contribution is 6.28. The maximum atomic E-state index is 12.8. The monoisotopic (exact) mass is 479 g/mol. The van der Waals surface area contributed by atoms with Gasteiger partial charge in [0.25, 0.3) is 0 Å². The molecular formula is C26H22ClNO6. The zero-order chi connectivity index (χ0) is 24.3. The molecule has 0 aliphatic heterocycles. The fourth-order valence-corrected chi connectivity index (χ4v) is 4.00. The van der Waals surface area contributed by atoms with Crippen LogP contribution >= 0.6 is 11.6 Å². The van der Waals surface area contributed by atoms with Crippen LogP contribution in [0.3, 0.4) is 0 Å². The van der Waals surface area contributed by atoms with E-state index in [2.05, 4.69) is 0 Å². The number of nitrogens with zero attached hydrogens (tertiary/aromatic N) is 1. The molecule has 0 amide bonds. The van der Waals surface area contributed by atoms with Crippen LogP contribution in [0.1, 0.15) is 27.0 Å². The molecule has 1 aromatic heterocycles.